The SMILES string of the molecule is CN(CCc1ccncc1)C(=O)c1cc(C(=O)NCC2CCCO2)ccn1. The molecule has 1 atom stereocenters. The van der Waals surface area contributed by atoms with Gasteiger partial charge in [0.1, 0.15) is 5.69 Å². The van der Waals surface area contributed by atoms with E-state index < -0.39 is 0 Å². The average Bonchev–Trinajstić information content (AvgIpc) is 3.24. The van der Waals surface area contributed by atoms with Gasteiger partial charge in [-0.1, -0.05) is 0 Å². The van der Waals surface area contributed by atoms with Crippen molar-refractivity contribution in [1.29, 1.82) is 0 Å². The molecular formula is C20H24N4O3. The van der Waals surface area contributed by atoms with Gasteiger partial charge in [-0.05, 0) is 49.1 Å². The van der Waals surface area contributed by atoms with Crippen LogP contribution in [0.5, 0.6) is 0 Å². The van der Waals surface area contributed by atoms with E-state index in [9.17, 15) is 9.59 Å². The molecule has 2 amide bonds. The van der Waals surface area contributed by atoms with Crippen LogP contribution in [0, 0.1) is 0 Å². The highest BCUT2D eigenvalue weighted by Crippen LogP contribution is 2.11. The van der Waals surface area contributed by atoms with Crippen LogP contribution in [0.15, 0.2) is 42.9 Å². The van der Waals surface area contributed by atoms with Crippen molar-refractivity contribution in [2.75, 3.05) is 26.7 Å². The van der Waals surface area contributed by atoms with E-state index in [4.69, 9.17) is 4.74 Å². The maximum atomic E-state index is 12.6. The fourth-order valence-electron chi connectivity index (χ4n) is 2.95. The molecule has 3 rings (SSSR count). The Morgan fingerprint density at radius 2 is 2.07 bits per heavy atom. The first-order valence-electron chi connectivity index (χ1n) is 9.13. The van der Waals surface area contributed by atoms with Gasteiger partial charge in [0, 0.05) is 50.9 Å². The molecule has 7 nitrogen and oxygen atoms in total. The average molecular weight is 368 g/mol. The number of rotatable bonds is 7. The van der Waals surface area contributed by atoms with Crippen molar-refractivity contribution >= 4 is 11.8 Å². The van der Waals surface area contributed by atoms with Crippen LogP contribution in [0.4, 0.5) is 0 Å². The van der Waals surface area contributed by atoms with E-state index in [0.717, 1.165) is 31.4 Å². The molecule has 7 heteroatoms. The van der Waals surface area contributed by atoms with Crippen LogP contribution in [-0.4, -0.2) is 59.5 Å². The van der Waals surface area contributed by atoms with Gasteiger partial charge in [0.05, 0.1) is 6.10 Å². The number of pyridine rings is 2. The molecule has 1 fully saturated rings. The number of carbonyl (C=O) groups excluding carboxylic acids is 2. The van der Waals surface area contributed by atoms with Gasteiger partial charge in [-0.15, -0.1) is 0 Å². The van der Waals surface area contributed by atoms with Crippen molar-refractivity contribution in [2.24, 2.45) is 0 Å². The zero-order chi connectivity index (χ0) is 19.1. The minimum atomic E-state index is -0.221. The Kier molecular flexibility index (Phi) is 6.49. The summed E-state index contributed by atoms with van der Waals surface area (Å²) in [6, 6.07) is 7.00. The predicted molar refractivity (Wildman–Crippen MR) is 100 cm³/mol. The zero-order valence-corrected chi connectivity index (χ0v) is 15.4. The quantitative estimate of drug-likeness (QED) is 0.804. The topological polar surface area (TPSA) is 84.4 Å². The summed E-state index contributed by atoms with van der Waals surface area (Å²) < 4.78 is 5.50. The molecule has 1 saturated heterocycles. The summed E-state index contributed by atoms with van der Waals surface area (Å²) >= 11 is 0. The van der Waals surface area contributed by atoms with Gasteiger partial charge in [-0.25, -0.2) is 0 Å². The van der Waals surface area contributed by atoms with Crippen molar-refractivity contribution in [3.8, 4) is 0 Å². The highest BCUT2D eigenvalue weighted by molar-refractivity contribution is 5.98. The normalized spacial score (nSPS) is 16.1. The molecule has 2 aromatic heterocycles. The Morgan fingerprint density at radius 1 is 1.26 bits per heavy atom. The number of aromatic nitrogens is 2. The smallest absolute Gasteiger partial charge is 0.272 e. The molecule has 0 bridgehead atoms. The van der Waals surface area contributed by atoms with E-state index >= 15 is 0 Å². The van der Waals surface area contributed by atoms with Crippen LogP contribution in [0.2, 0.25) is 0 Å². The first kappa shape index (κ1) is 19.0. The molecule has 1 N–H and O–H groups in total. The van der Waals surface area contributed by atoms with Gasteiger partial charge >= 0.3 is 0 Å². The second-order valence-electron chi connectivity index (χ2n) is 6.61. The minimum Gasteiger partial charge on any atom is -0.376 e. The minimum absolute atomic E-state index is 0.0798. The summed E-state index contributed by atoms with van der Waals surface area (Å²) in [6.07, 6.45) is 7.76. The Balaban J connectivity index is 1.56. The van der Waals surface area contributed by atoms with Gasteiger partial charge in [0.2, 0.25) is 0 Å². The first-order valence-corrected chi connectivity index (χ1v) is 9.13. The molecule has 0 spiro atoms. The third kappa shape index (κ3) is 5.34. The molecule has 0 saturated carbocycles. The molecular weight excluding hydrogens is 344 g/mol. The lowest BCUT2D eigenvalue weighted by Crippen LogP contribution is -2.32. The second-order valence-corrected chi connectivity index (χ2v) is 6.61. The van der Waals surface area contributed by atoms with Gasteiger partial charge in [0.25, 0.3) is 11.8 Å². The van der Waals surface area contributed by atoms with E-state index in [1.807, 2.05) is 12.1 Å². The number of hydrogen-bond donors (Lipinski definition) is 1. The molecule has 142 valence electrons. The summed E-state index contributed by atoms with van der Waals surface area (Å²) in [6.45, 7) is 1.79. The monoisotopic (exact) mass is 368 g/mol. The summed E-state index contributed by atoms with van der Waals surface area (Å²) in [5.74, 6) is -0.431. The van der Waals surface area contributed by atoms with Crippen molar-refractivity contribution in [3.63, 3.8) is 0 Å². The number of nitrogens with zero attached hydrogens (tertiary/aromatic N) is 3. The predicted octanol–water partition coefficient (Wildman–Crippen LogP) is 1.70. The fraction of sp³-hybridized carbons (Fsp3) is 0.400. The van der Waals surface area contributed by atoms with Crippen LogP contribution < -0.4 is 5.32 Å². The Morgan fingerprint density at radius 3 is 2.81 bits per heavy atom. The van der Waals surface area contributed by atoms with Gasteiger partial charge in [0.15, 0.2) is 0 Å². The number of nitrogens with one attached hydrogen (secondary N) is 1. The van der Waals surface area contributed by atoms with Crippen LogP contribution in [0.3, 0.4) is 0 Å². The molecule has 2 aromatic rings. The van der Waals surface area contributed by atoms with E-state index in [1.54, 1.807) is 30.4 Å². The van der Waals surface area contributed by atoms with Crippen molar-refractivity contribution in [1.82, 2.24) is 20.2 Å². The standard InChI is InChI=1S/C20H24N4O3/c1-24(11-7-15-4-8-21-9-5-15)20(26)18-13-16(6-10-22-18)19(25)23-14-17-3-2-12-27-17/h4-6,8-10,13,17H,2-3,7,11-12,14H2,1H3,(H,23,25). The molecule has 1 aliphatic heterocycles. The number of hydrogen-bond acceptors (Lipinski definition) is 5. The molecule has 3 heterocycles. The molecule has 0 aromatic carbocycles. The molecule has 1 unspecified atom stereocenters. The van der Waals surface area contributed by atoms with E-state index in [2.05, 4.69) is 15.3 Å². The highest BCUT2D eigenvalue weighted by Gasteiger charge is 2.18. The summed E-state index contributed by atoms with van der Waals surface area (Å²) in [7, 11) is 1.73. The van der Waals surface area contributed by atoms with Gasteiger partial charge in [-0.3, -0.25) is 19.6 Å². The fourth-order valence-corrected chi connectivity index (χ4v) is 2.95. The Labute approximate surface area is 158 Å². The maximum absolute atomic E-state index is 12.6. The Hall–Kier alpha value is -2.80. The highest BCUT2D eigenvalue weighted by atomic mass is 16.5. The molecule has 1 aliphatic rings. The van der Waals surface area contributed by atoms with Crippen molar-refractivity contribution in [2.45, 2.75) is 25.4 Å². The maximum Gasteiger partial charge on any atom is 0.272 e. The summed E-state index contributed by atoms with van der Waals surface area (Å²) in [4.78, 5) is 34.7. The number of ether oxygens (including phenoxy) is 1. The third-order valence-electron chi connectivity index (χ3n) is 4.59. The van der Waals surface area contributed by atoms with Crippen LogP contribution in [0.25, 0.3) is 0 Å². The van der Waals surface area contributed by atoms with Crippen LogP contribution in [-0.2, 0) is 11.2 Å². The van der Waals surface area contributed by atoms with Crippen molar-refractivity contribution in [3.05, 3.63) is 59.7 Å². The van der Waals surface area contributed by atoms with E-state index in [0.29, 0.717) is 18.7 Å². The van der Waals surface area contributed by atoms with E-state index in [1.165, 1.54) is 12.3 Å². The van der Waals surface area contributed by atoms with Gasteiger partial charge < -0.3 is 15.0 Å². The van der Waals surface area contributed by atoms with Crippen LogP contribution in [0.1, 0.15) is 39.3 Å². The van der Waals surface area contributed by atoms with Gasteiger partial charge in [-0.2, -0.15) is 0 Å². The zero-order valence-electron chi connectivity index (χ0n) is 15.4. The number of amides is 2. The number of carbonyl (C=O) groups is 2. The Bertz CT molecular complexity index is 776. The third-order valence-corrected chi connectivity index (χ3v) is 4.59. The first-order chi connectivity index (χ1) is 13.1. The molecule has 27 heavy (non-hydrogen) atoms. The molecule has 0 aliphatic carbocycles. The number of likely N-dealkylation sites (N-methyl/N-ethyl adjacent to an activating group) is 1. The lowest BCUT2D eigenvalue weighted by atomic mass is 10.1. The lowest BCUT2D eigenvalue weighted by Gasteiger charge is -2.17. The van der Waals surface area contributed by atoms with E-state index in [-0.39, 0.29) is 23.6 Å². The molecule has 0 radical (unpaired) electrons. The summed E-state index contributed by atoms with van der Waals surface area (Å²) in [5, 5.41) is 2.86. The van der Waals surface area contributed by atoms with Crippen molar-refractivity contribution < 1.29 is 14.3 Å². The largest absolute Gasteiger partial charge is 0.376 e. The van der Waals surface area contributed by atoms with Crippen LogP contribution >= 0.6 is 0 Å². The lowest BCUT2D eigenvalue weighted by molar-refractivity contribution is 0.0790. The summed E-state index contributed by atoms with van der Waals surface area (Å²) in [5.41, 5.74) is 1.80. The second kappa shape index (κ2) is 9.23.